The average Bonchev–Trinajstić information content (AvgIpc) is 2.91. The van der Waals surface area contributed by atoms with Gasteiger partial charge in [-0.2, -0.15) is 0 Å². The third kappa shape index (κ3) is 5.02. The predicted molar refractivity (Wildman–Crippen MR) is 92.4 cm³/mol. The average molecular weight is 368 g/mol. The van der Waals surface area contributed by atoms with Crippen molar-refractivity contribution in [3.8, 4) is 0 Å². The molecule has 2 amide bonds. The summed E-state index contributed by atoms with van der Waals surface area (Å²) in [6.07, 6.45) is 0. The lowest BCUT2D eigenvalue weighted by molar-refractivity contribution is -0.126. The number of nitrogens with one attached hydrogen (secondary N) is 1. The van der Waals surface area contributed by atoms with Gasteiger partial charge in [-0.05, 0) is 17.7 Å². The maximum absolute atomic E-state index is 11.8. The van der Waals surface area contributed by atoms with E-state index in [0.717, 1.165) is 0 Å². The largest absolute Gasteiger partial charge is 0.452 e. The number of aliphatic hydroxyl groups is 1. The Morgan fingerprint density at radius 1 is 1.33 bits per heavy atom. The first-order valence-corrected chi connectivity index (χ1v) is 8.51. The molecule has 7 nitrogen and oxygen atoms in total. The van der Waals surface area contributed by atoms with Crippen LogP contribution in [0.2, 0.25) is 0 Å². The van der Waals surface area contributed by atoms with Crippen molar-refractivity contribution >= 4 is 46.1 Å². The summed E-state index contributed by atoms with van der Waals surface area (Å²) in [5.41, 5.74) is 0.974. The number of carbonyl (C=O) groups is 3. The summed E-state index contributed by atoms with van der Waals surface area (Å²) < 4.78 is 5.41. The number of thiocarbonyl (C=S) groups is 1. The summed E-state index contributed by atoms with van der Waals surface area (Å²) in [5, 5.41) is 11.5. The molecule has 0 radical (unpaired) electrons. The van der Waals surface area contributed by atoms with E-state index in [9.17, 15) is 14.4 Å². The van der Waals surface area contributed by atoms with Gasteiger partial charge in [0.1, 0.15) is 4.32 Å². The zero-order valence-corrected chi connectivity index (χ0v) is 14.3. The first-order valence-electron chi connectivity index (χ1n) is 7.12. The molecule has 9 heteroatoms. The second-order valence-corrected chi connectivity index (χ2v) is 6.49. The second-order valence-electron chi connectivity index (χ2n) is 4.88. The van der Waals surface area contributed by atoms with E-state index < -0.39 is 18.5 Å². The summed E-state index contributed by atoms with van der Waals surface area (Å²) in [5.74, 6) is -0.820. The van der Waals surface area contributed by atoms with Crippen LogP contribution >= 0.6 is 24.0 Å². The maximum atomic E-state index is 11.8. The fraction of sp³-hybridized carbons (Fsp3) is 0.333. The van der Waals surface area contributed by atoms with E-state index in [1.807, 2.05) is 0 Å². The van der Waals surface area contributed by atoms with Crippen LogP contribution in [0.4, 0.5) is 0 Å². The number of nitrogens with zero attached hydrogens (tertiary/aromatic N) is 1. The van der Waals surface area contributed by atoms with Gasteiger partial charge in [-0.15, -0.1) is 0 Å². The van der Waals surface area contributed by atoms with Gasteiger partial charge in [0.15, 0.2) is 6.61 Å². The smallest absolute Gasteiger partial charge is 0.338 e. The summed E-state index contributed by atoms with van der Waals surface area (Å²) in [4.78, 5) is 36.4. The van der Waals surface area contributed by atoms with E-state index in [-0.39, 0.29) is 19.1 Å². The van der Waals surface area contributed by atoms with E-state index in [1.54, 1.807) is 12.1 Å². The van der Waals surface area contributed by atoms with Crippen molar-refractivity contribution in [2.45, 2.75) is 6.61 Å². The number of benzene rings is 1. The molecule has 1 fully saturated rings. The number of hydrogen-bond acceptors (Lipinski definition) is 7. The third-order valence-electron chi connectivity index (χ3n) is 3.20. The maximum Gasteiger partial charge on any atom is 0.338 e. The zero-order valence-electron chi connectivity index (χ0n) is 12.7. The molecule has 0 atom stereocenters. The minimum atomic E-state index is -0.623. The topological polar surface area (TPSA) is 95.9 Å². The zero-order chi connectivity index (χ0) is 17.5. The van der Waals surface area contributed by atoms with Crippen LogP contribution in [0, 0.1) is 0 Å². The minimum absolute atomic E-state index is 0.0722. The number of aliphatic hydroxyl groups excluding tert-OH is 1. The van der Waals surface area contributed by atoms with Crippen molar-refractivity contribution in [1.82, 2.24) is 10.2 Å². The Morgan fingerprint density at radius 2 is 2.04 bits per heavy atom. The quantitative estimate of drug-likeness (QED) is 0.528. The molecule has 0 aliphatic carbocycles. The highest BCUT2D eigenvalue weighted by molar-refractivity contribution is 8.23. The number of esters is 1. The van der Waals surface area contributed by atoms with E-state index in [1.165, 1.54) is 28.8 Å². The van der Waals surface area contributed by atoms with Crippen molar-refractivity contribution in [2.75, 3.05) is 25.4 Å². The minimum Gasteiger partial charge on any atom is -0.452 e. The van der Waals surface area contributed by atoms with Crippen molar-refractivity contribution < 1.29 is 24.2 Å². The van der Waals surface area contributed by atoms with Crippen LogP contribution in [0.1, 0.15) is 15.9 Å². The van der Waals surface area contributed by atoms with Crippen LogP contribution in [-0.4, -0.2) is 57.6 Å². The molecule has 1 aromatic rings. The van der Waals surface area contributed by atoms with Gasteiger partial charge >= 0.3 is 5.97 Å². The van der Waals surface area contributed by atoms with Gasteiger partial charge in [-0.3, -0.25) is 14.5 Å². The van der Waals surface area contributed by atoms with Gasteiger partial charge in [0.05, 0.1) is 17.9 Å². The SMILES string of the molecule is O=C(COC(=O)c1ccc(CO)cc1)NCCN1C(=O)CSC1=S. The van der Waals surface area contributed by atoms with Gasteiger partial charge in [-0.1, -0.05) is 36.1 Å². The number of hydrogen-bond donors (Lipinski definition) is 2. The van der Waals surface area contributed by atoms with Gasteiger partial charge < -0.3 is 15.2 Å². The molecule has 0 spiro atoms. The molecule has 1 aliphatic heterocycles. The number of rotatable bonds is 7. The summed E-state index contributed by atoms with van der Waals surface area (Å²) in [7, 11) is 0. The molecule has 0 unspecified atom stereocenters. The fourth-order valence-corrected chi connectivity index (χ4v) is 3.04. The van der Waals surface area contributed by atoms with Crippen LogP contribution in [-0.2, 0) is 20.9 Å². The van der Waals surface area contributed by atoms with Gasteiger partial charge in [0, 0.05) is 13.1 Å². The van der Waals surface area contributed by atoms with Crippen LogP contribution in [0.15, 0.2) is 24.3 Å². The molecule has 1 aliphatic rings. The van der Waals surface area contributed by atoms with Crippen molar-refractivity contribution in [3.05, 3.63) is 35.4 Å². The van der Waals surface area contributed by atoms with E-state index in [2.05, 4.69) is 5.32 Å². The molecule has 2 rings (SSSR count). The Morgan fingerprint density at radius 3 is 2.62 bits per heavy atom. The Kier molecular flexibility index (Phi) is 6.71. The Labute approximate surface area is 148 Å². The van der Waals surface area contributed by atoms with Crippen LogP contribution < -0.4 is 5.32 Å². The van der Waals surface area contributed by atoms with Gasteiger partial charge in [0.25, 0.3) is 5.91 Å². The first-order chi connectivity index (χ1) is 11.5. The van der Waals surface area contributed by atoms with Crippen LogP contribution in [0.5, 0.6) is 0 Å². The van der Waals surface area contributed by atoms with Crippen molar-refractivity contribution in [1.29, 1.82) is 0 Å². The molecular weight excluding hydrogens is 352 g/mol. The van der Waals surface area contributed by atoms with Crippen LogP contribution in [0.25, 0.3) is 0 Å². The summed E-state index contributed by atoms with van der Waals surface area (Å²) in [6.45, 7) is 0.00786. The summed E-state index contributed by atoms with van der Waals surface area (Å²) >= 11 is 6.32. The van der Waals surface area contributed by atoms with E-state index >= 15 is 0 Å². The molecule has 1 saturated heterocycles. The Hall–Kier alpha value is -1.97. The molecular formula is C15H16N2O5S2. The molecule has 2 N–H and O–H groups in total. The third-order valence-corrected chi connectivity index (χ3v) is 4.64. The second kappa shape index (κ2) is 8.76. The number of carbonyl (C=O) groups excluding carboxylic acids is 3. The van der Waals surface area contributed by atoms with Gasteiger partial charge in [-0.25, -0.2) is 4.79 Å². The number of ether oxygens (including phenoxy) is 1. The number of amides is 2. The van der Waals surface area contributed by atoms with Crippen molar-refractivity contribution in [2.24, 2.45) is 0 Å². The van der Waals surface area contributed by atoms with Crippen LogP contribution in [0.3, 0.4) is 0 Å². The molecule has 0 aromatic heterocycles. The van der Waals surface area contributed by atoms with E-state index in [0.29, 0.717) is 27.7 Å². The highest BCUT2D eigenvalue weighted by Gasteiger charge is 2.25. The molecule has 24 heavy (non-hydrogen) atoms. The normalized spacial score (nSPS) is 14.0. The predicted octanol–water partition coefficient (Wildman–Crippen LogP) is 0.312. The monoisotopic (exact) mass is 368 g/mol. The first kappa shape index (κ1) is 18.4. The molecule has 0 saturated carbocycles. The summed E-state index contributed by atoms with van der Waals surface area (Å²) in [6, 6.07) is 6.24. The lowest BCUT2D eigenvalue weighted by atomic mass is 10.1. The van der Waals surface area contributed by atoms with E-state index in [4.69, 9.17) is 22.1 Å². The highest BCUT2D eigenvalue weighted by atomic mass is 32.2. The van der Waals surface area contributed by atoms with Crippen molar-refractivity contribution in [3.63, 3.8) is 0 Å². The highest BCUT2D eigenvalue weighted by Crippen LogP contribution is 2.18. The lowest BCUT2D eigenvalue weighted by Crippen LogP contribution is -2.38. The Bertz CT molecular complexity index is 632. The Balaban J connectivity index is 1.69. The molecule has 1 heterocycles. The molecule has 0 bridgehead atoms. The van der Waals surface area contributed by atoms with Gasteiger partial charge in [0.2, 0.25) is 5.91 Å². The standard InChI is InChI=1S/C15H16N2O5S2/c18-7-10-1-3-11(4-2-10)14(21)22-8-12(19)16-5-6-17-13(20)9-24-15(17)23/h1-4,18H,5-9H2,(H,16,19). The lowest BCUT2D eigenvalue weighted by Gasteiger charge is -2.15. The molecule has 128 valence electrons. The fourth-order valence-electron chi connectivity index (χ4n) is 1.92. The molecule has 1 aromatic carbocycles. The number of thioether (sulfide) groups is 1.